The largest absolute Gasteiger partial charge is 0.330 e. The molecule has 1 aliphatic heterocycles. The minimum Gasteiger partial charge on any atom is -0.330 e. The minimum atomic E-state index is 0.264. The third-order valence-corrected chi connectivity index (χ3v) is 0.686. The van der Waals surface area contributed by atoms with E-state index >= 15 is 0 Å². The summed E-state index contributed by atoms with van der Waals surface area (Å²) >= 11 is 0. The maximum Gasteiger partial charge on any atom is 0.227 e. The van der Waals surface area contributed by atoms with E-state index in [1.807, 2.05) is 0 Å². The van der Waals surface area contributed by atoms with Crippen molar-refractivity contribution in [1.82, 2.24) is 0 Å². The van der Waals surface area contributed by atoms with Gasteiger partial charge in [-0.15, -0.1) is 0 Å². The number of hydrogen-bond donors (Lipinski definition) is 0. The van der Waals surface area contributed by atoms with Crippen molar-refractivity contribution in [2.75, 3.05) is 6.61 Å². The lowest BCUT2D eigenvalue weighted by Gasteiger charge is -1.82. The molecule has 1 aliphatic rings. The Morgan fingerprint density at radius 3 is 2.86 bits per heavy atom. The van der Waals surface area contributed by atoms with E-state index < -0.39 is 0 Å². The van der Waals surface area contributed by atoms with Gasteiger partial charge in [0, 0.05) is 6.42 Å². The predicted molar refractivity (Wildman–Crippen MR) is 20.9 cm³/mol. The van der Waals surface area contributed by atoms with Crippen LogP contribution in [0.2, 0.25) is 0 Å². The molecule has 0 aliphatic carbocycles. The van der Waals surface area contributed by atoms with E-state index in [1.54, 1.807) is 5.94 Å². The van der Waals surface area contributed by atoms with E-state index in [1.165, 1.54) is 0 Å². The van der Waals surface area contributed by atoms with Gasteiger partial charge in [0.05, 0.1) is 0 Å². The molecule has 0 radical (unpaired) electrons. The molecule has 0 aromatic rings. The molecule has 1 fully saturated rings. The van der Waals surface area contributed by atoms with E-state index in [2.05, 4.69) is 9.78 Å². The topological polar surface area (TPSA) is 35.5 Å². The van der Waals surface area contributed by atoms with Gasteiger partial charge in [-0.3, -0.25) is 0 Å². The average molecular weight is 100 g/mol. The highest BCUT2D eigenvalue weighted by molar-refractivity contribution is 5.49. The van der Waals surface area contributed by atoms with Crippen LogP contribution in [0.4, 0.5) is 0 Å². The first-order valence-electron chi connectivity index (χ1n) is 1.97. The van der Waals surface area contributed by atoms with Crippen LogP contribution in [0.1, 0.15) is 6.42 Å². The van der Waals surface area contributed by atoms with Gasteiger partial charge in [0.2, 0.25) is 5.76 Å². The molecule has 0 aromatic heterocycles. The van der Waals surface area contributed by atoms with Gasteiger partial charge in [-0.1, -0.05) is 0 Å². The highest BCUT2D eigenvalue weighted by Gasteiger charge is 2.08. The summed E-state index contributed by atoms with van der Waals surface area (Å²) in [6.45, 7) is 0.477. The van der Waals surface area contributed by atoms with E-state index in [4.69, 9.17) is 0 Å². The van der Waals surface area contributed by atoms with Gasteiger partial charge in [0.1, 0.15) is 6.61 Å². The molecule has 1 heterocycles. The molecule has 0 saturated carbocycles. The maximum atomic E-state index is 9.64. The smallest absolute Gasteiger partial charge is 0.227 e. The maximum absolute atomic E-state index is 9.64. The van der Waals surface area contributed by atoms with Crippen LogP contribution in [0, 0.1) is 0 Å². The normalized spacial score (nSPS) is 18.6. The van der Waals surface area contributed by atoms with Crippen LogP contribution in [0.25, 0.3) is 0 Å². The summed E-state index contributed by atoms with van der Waals surface area (Å²) in [7, 11) is 0. The number of rotatable bonds is 0. The van der Waals surface area contributed by atoms with Gasteiger partial charge < -0.3 is 4.89 Å². The minimum absolute atomic E-state index is 0.264. The SMILES string of the molecule is O=C=C1CCOO1. The van der Waals surface area contributed by atoms with Crippen molar-refractivity contribution >= 4 is 5.94 Å². The molecule has 0 spiro atoms. The Morgan fingerprint density at radius 1 is 1.71 bits per heavy atom. The monoisotopic (exact) mass is 100 g/mol. The van der Waals surface area contributed by atoms with Gasteiger partial charge in [0.15, 0.2) is 5.94 Å². The fraction of sp³-hybridized carbons (Fsp3) is 0.500. The standard InChI is InChI=1S/C4H4O3/c5-3-4-1-2-6-7-4/h1-2H2. The Bertz CT molecular complexity index is 104. The second-order valence-electron chi connectivity index (χ2n) is 1.18. The van der Waals surface area contributed by atoms with Gasteiger partial charge in [-0.25, -0.2) is 4.79 Å². The van der Waals surface area contributed by atoms with E-state index in [-0.39, 0.29) is 5.76 Å². The Labute approximate surface area is 40.5 Å². The third kappa shape index (κ3) is 0.796. The van der Waals surface area contributed by atoms with Crippen molar-refractivity contribution in [3.05, 3.63) is 5.76 Å². The van der Waals surface area contributed by atoms with Crippen molar-refractivity contribution in [3.63, 3.8) is 0 Å². The molecule has 0 amide bonds. The predicted octanol–water partition coefficient (Wildman–Crippen LogP) is 0.0538. The molecule has 0 atom stereocenters. The van der Waals surface area contributed by atoms with Gasteiger partial charge in [0.25, 0.3) is 0 Å². The Kier molecular flexibility index (Phi) is 1.11. The van der Waals surface area contributed by atoms with Crippen LogP contribution in [-0.4, -0.2) is 12.5 Å². The molecule has 3 heteroatoms. The molecule has 7 heavy (non-hydrogen) atoms. The number of hydrogen-bond acceptors (Lipinski definition) is 3. The second-order valence-corrected chi connectivity index (χ2v) is 1.18. The number of carbonyl (C=O) groups excluding carboxylic acids is 1. The molecular weight excluding hydrogens is 96.0 g/mol. The van der Waals surface area contributed by atoms with Crippen LogP contribution in [0.15, 0.2) is 5.76 Å². The summed E-state index contributed by atoms with van der Waals surface area (Å²) < 4.78 is 0. The zero-order valence-electron chi connectivity index (χ0n) is 3.64. The highest BCUT2D eigenvalue weighted by Crippen LogP contribution is 2.07. The Morgan fingerprint density at radius 2 is 2.57 bits per heavy atom. The molecule has 3 nitrogen and oxygen atoms in total. The van der Waals surface area contributed by atoms with Crippen molar-refractivity contribution in [2.45, 2.75) is 6.42 Å². The summed E-state index contributed by atoms with van der Waals surface area (Å²) in [5, 5.41) is 0. The van der Waals surface area contributed by atoms with Gasteiger partial charge >= 0.3 is 0 Å². The third-order valence-electron chi connectivity index (χ3n) is 0.686. The highest BCUT2D eigenvalue weighted by atomic mass is 17.2. The summed E-state index contributed by atoms with van der Waals surface area (Å²) in [4.78, 5) is 18.3. The van der Waals surface area contributed by atoms with E-state index in [0.29, 0.717) is 13.0 Å². The van der Waals surface area contributed by atoms with Crippen LogP contribution >= 0.6 is 0 Å². The van der Waals surface area contributed by atoms with Crippen LogP contribution in [0.3, 0.4) is 0 Å². The first-order chi connectivity index (χ1) is 3.43. The lowest BCUT2D eigenvalue weighted by molar-refractivity contribution is -0.222. The van der Waals surface area contributed by atoms with E-state index in [0.717, 1.165) is 0 Å². The molecule has 1 rings (SSSR count). The second kappa shape index (κ2) is 1.78. The van der Waals surface area contributed by atoms with Gasteiger partial charge in [-0.2, -0.15) is 4.89 Å². The summed E-state index contributed by atoms with van der Waals surface area (Å²) in [5.41, 5.74) is 0. The Hall–Kier alpha value is -0.790. The van der Waals surface area contributed by atoms with Crippen molar-refractivity contribution < 1.29 is 14.6 Å². The molecule has 0 bridgehead atoms. The van der Waals surface area contributed by atoms with Gasteiger partial charge in [-0.05, 0) is 0 Å². The summed E-state index contributed by atoms with van der Waals surface area (Å²) in [6.07, 6.45) is 0.559. The van der Waals surface area contributed by atoms with Crippen molar-refractivity contribution in [3.8, 4) is 0 Å². The van der Waals surface area contributed by atoms with Crippen LogP contribution in [-0.2, 0) is 14.6 Å². The molecular formula is C4H4O3. The Balaban J connectivity index is 2.57. The first-order valence-corrected chi connectivity index (χ1v) is 1.97. The zero-order valence-corrected chi connectivity index (χ0v) is 3.64. The molecule has 0 N–H and O–H groups in total. The lowest BCUT2D eigenvalue weighted by atomic mass is 10.4. The van der Waals surface area contributed by atoms with Crippen LogP contribution < -0.4 is 0 Å². The molecule has 0 unspecified atom stereocenters. The first kappa shape index (κ1) is 4.37. The lowest BCUT2D eigenvalue weighted by Crippen LogP contribution is -1.74. The van der Waals surface area contributed by atoms with E-state index in [9.17, 15) is 4.79 Å². The summed E-state index contributed by atoms with van der Waals surface area (Å²) in [6, 6.07) is 0. The van der Waals surface area contributed by atoms with Crippen molar-refractivity contribution in [2.24, 2.45) is 0 Å². The fourth-order valence-electron chi connectivity index (χ4n) is 0.357. The molecule has 1 saturated heterocycles. The molecule has 0 aromatic carbocycles. The van der Waals surface area contributed by atoms with Crippen LogP contribution in [0.5, 0.6) is 0 Å². The van der Waals surface area contributed by atoms with Crippen molar-refractivity contribution in [1.29, 1.82) is 0 Å². The average Bonchev–Trinajstić information content (AvgIpc) is 2.14. The molecule has 38 valence electrons. The fourth-order valence-corrected chi connectivity index (χ4v) is 0.357. The summed E-state index contributed by atoms with van der Waals surface area (Å²) in [5.74, 6) is 1.85. The quantitative estimate of drug-likeness (QED) is 0.319. The zero-order chi connectivity index (χ0) is 5.11.